The molecule has 0 radical (unpaired) electrons. The summed E-state index contributed by atoms with van der Waals surface area (Å²) in [6.45, 7) is 4.44. The van der Waals surface area contributed by atoms with Gasteiger partial charge in [0.15, 0.2) is 0 Å². The first-order chi connectivity index (χ1) is 8.22. The summed E-state index contributed by atoms with van der Waals surface area (Å²) in [7, 11) is 0. The van der Waals surface area contributed by atoms with Gasteiger partial charge in [0.05, 0.1) is 19.8 Å². The molecule has 1 fully saturated rings. The van der Waals surface area contributed by atoms with E-state index in [9.17, 15) is 4.79 Å². The lowest BCUT2D eigenvalue weighted by atomic mass is 10.0. The van der Waals surface area contributed by atoms with Crippen LogP contribution in [0.4, 0.5) is 0 Å². The SMILES string of the molecule is Cc1cc(C(=O)N2CCOCC2)ccc1CO. The molecule has 0 bridgehead atoms. The number of benzene rings is 1. The molecule has 2 rings (SSSR count). The molecule has 1 aliphatic heterocycles. The second-order valence-corrected chi connectivity index (χ2v) is 4.20. The van der Waals surface area contributed by atoms with Crippen molar-refractivity contribution in [1.29, 1.82) is 0 Å². The van der Waals surface area contributed by atoms with Crippen LogP contribution in [-0.4, -0.2) is 42.2 Å². The van der Waals surface area contributed by atoms with Crippen molar-refractivity contribution in [2.45, 2.75) is 13.5 Å². The number of carbonyl (C=O) groups excluding carboxylic acids is 1. The van der Waals surface area contributed by atoms with E-state index in [1.54, 1.807) is 11.0 Å². The Morgan fingerprint density at radius 1 is 1.41 bits per heavy atom. The van der Waals surface area contributed by atoms with Crippen LogP contribution in [0.3, 0.4) is 0 Å². The lowest BCUT2D eigenvalue weighted by Crippen LogP contribution is -2.40. The van der Waals surface area contributed by atoms with Crippen LogP contribution in [0.1, 0.15) is 21.5 Å². The number of hydrogen-bond donors (Lipinski definition) is 1. The molecule has 4 nitrogen and oxygen atoms in total. The Kier molecular flexibility index (Phi) is 3.76. The number of amides is 1. The molecule has 1 amide bonds. The van der Waals surface area contributed by atoms with Crippen molar-refractivity contribution in [2.75, 3.05) is 26.3 Å². The maximum absolute atomic E-state index is 12.2. The Balaban J connectivity index is 2.16. The van der Waals surface area contributed by atoms with Crippen molar-refractivity contribution in [1.82, 2.24) is 4.90 Å². The lowest BCUT2D eigenvalue weighted by Gasteiger charge is -2.27. The summed E-state index contributed by atoms with van der Waals surface area (Å²) in [6.07, 6.45) is 0. The Bertz CT molecular complexity index is 411. The van der Waals surface area contributed by atoms with Crippen LogP contribution in [-0.2, 0) is 11.3 Å². The maximum atomic E-state index is 12.2. The summed E-state index contributed by atoms with van der Waals surface area (Å²) < 4.78 is 5.22. The molecule has 1 N–H and O–H groups in total. The quantitative estimate of drug-likeness (QED) is 0.830. The summed E-state index contributed by atoms with van der Waals surface area (Å²) in [5.74, 6) is 0.0425. The highest BCUT2D eigenvalue weighted by atomic mass is 16.5. The fourth-order valence-electron chi connectivity index (χ4n) is 1.96. The first kappa shape index (κ1) is 12.1. The summed E-state index contributed by atoms with van der Waals surface area (Å²) >= 11 is 0. The molecule has 17 heavy (non-hydrogen) atoms. The minimum atomic E-state index is 0.0118. The summed E-state index contributed by atoms with van der Waals surface area (Å²) in [5, 5.41) is 9.08. The highest BCUT2D eigenvalue weighted by Gasteiger charge is 2.18. The third kappa shape index (κ3) is 2.65. The van der Waals surface area contributed by atoms with Gasteiger partial charge in [0.2, 0.25) is 0 Å². The van der Waals surface area contributed by atoms with E-state index in [4.69, 9.17) is 9.84 Å². The molecule has 0 aliphatic carbocycles. The molecule has 1 saturated heterocycles. The minimum absolute atomic E-state index is 0.0118. The summed E-state index contributed by atoms with van der Waals surface area (Å²) in [5.41, 5.74) is 2.50. The second-order valence-electron chi connectivity index (χ2n) is 4.20. The third-order valence-electron chi connectivity index (χ3n) is 3.06. The molecule has 0 saturated carbocycles. The standard InChI is InChI=1S/C13H17NO3/c1-10-8-11(2-3-12(10)9-15)13(16)14-4-6-17-7-5-14/h2-3,8,15H,4-7,9H2,1H3. The third-order valence-corrected chi connectivity index (χ3v) is 3.06. The van der Waals surface area contributed by atoms with Gasteiger partial charge in [0, 0.05) is 18.7 Å². The number of aliphatic hydroxyl groups is 1. The Morgan fingerprint density at radius 3 is 2.71 bits per heavy atom. The van der Waals surface area contributed by atoms with Crippen LogP contribution in [0.2, 0.25) is 0 Å². The van der Waals surface area contributed by atoms with E-state index in [0.717, 1.165) is 11.1 Å². The van der Waals surface area contributed by atoms with Crippen LogP contribution in [0.5, 0.6) is 0 Å². The van der Waals surface area contributed by atoms with E-state index in [2.05, 4.69) is 0 Å². The van der Waals surface area contributed by atoms with Crippen LogP contribution in [0.25, 0.3) is 0 Å². The molecule has 4 heteroatoms. The van der Waals surface area contributed by atoms with Crippen molar-refractivity contribution in [2.24, 2.45) is 0 Å². The van der Waals surface area contributed by atoms with Crippen LogP contribution >= 0.6 is 0 Å². The predicted molar refractivity (Wildman–Crippen MR) is 63.8 cm³/mol. The van der Waals surface area contributed by atoms with Gasteiger partial charge in [0.25, 0.3) is 5.91 Å². The van der Waals surface area contributed by atoms with Gasteiger partial charge in [0.1, 0.15) is 0 Å². The minimum Gasteiger partial charge on any atom is -0.392 e. The zero-order chi connectivity index (χ0) is 12.3. The van der Waals surface area contributed by atoms with E-state index in [1.165, 1.54) is 0 Å². The fraction of sp³-hybridized carbons (Fsp3) is 0.462. The molecule has 0 spiro atoms. The maximum Gasteiger partial charge on any atom is 0.254 e. The molecule has 1 aromatic carbocycles. The number of carbonyl (C=O) groups is 1. The van der Waals surface area contributed by atoms with Crippen molar-refractivity contribution >= 4 is 5.91 Å². The van der Waals surface area contributed by atoms with Crippen LogP contribution < -0.4 is 0 Å². The van der Waals surface area contributed by atoms with Gasteiger partial charge in [-0.15, -0.1) is 0 Å². The Morgan fingerprint density at radius 2 is 2.12 bits per heavy atom. The molecular formula is C13H17NO3. The smallest absolute Gasteiger partial charge is 0.254 e. The number of rotatable bonds is 2. The van der Waals surface area contributed by atoms with Gasteiger partial charge in [-0.1, -0.05) is 6.07 Å². The molecule has 1 aromatic rings. The number of morpholine rings is 1. The summed E-state index contributed by atoms with van der Waals surface area (Å²) in [4.78, 5) is 14.0. The van der Waals surface area contributed by atoms with E-state index in [-0.39, 0.29) is 12.5 Å². The van der Waals surface area contributed by atoms with Gasteiger partial charge >= 0.3 is 0 Å². The predicted octanol–water partition coefficient (Wildman–Crippen LogP) is 0.960. The number of ether oxygens (including phenoxy) is 1. The monoisotopic (exact) mass is 235 g/mol. The zero-order valence-corrected chi connectivity index (χ0v) is 9.98. The van der Waals surface area contributed by atoms with Gasteiger partial charge in [-0.2, -0.15) is 0 Å². The Labute approximate surface area is 101 Å². The average Bonchev–Trinajstić information content (AvgIpc) is 2.39. The number of aryl methyl sites for hydroxylation is 1. The van der Waals surface area contributed by atoms with Crippen LogP contribution in [0, 0.1) is 6.92 Å². The first-order valence-electron chi connectivity index (χ1n) is 5.80. The van der Waals surface area contributed by atoms with Crippen molar-refractivity contribution in [3.63, 3.8) is 0 Å². The molecule has 0 atom stereocenters. The van der Waals surface area contributed by atoms with Crippen LogP contribution in [0.15, 0.2) is 18.2 Å². The van der Waals surface area contributed by atoms with Gasteiger partial charge in [-0.25, -0.2) is 0 Å². The fourth-order valence-corrected chi connectivity index (χ4v) is 1.96. The van der Waals surface area contributed by atoms with Gasteiger partial charge < -0.3 is 14.7 Å². The molecule has 92 valence electrons. The molecule has 1 aliphatic rings. The molecule has 0 aromatic heterocycles. The van der Waals surface area contributed by atoms with Crippen molar-refractivity contribution in [3.05, 3.63) is 34.9 Å². The van der Waals surface area contributed by atoms with Crippen molar-refractivity contribution < 1.29 is 14.6 Å². The number of nitrogens with zero attached hydrogens (tertiary/aromatic N) is 1. The van der Waals surface area contributed by atoms with E-state index < -0.39 is 0 Å². The molecular weight excluding hydrogens is 218 g/mol. The van der Waals surface area contributed by atoms with E-state index in [1.807, 2.05) is 19.1 Å². The number of aliphatic hydroxyl groups excluding tert-OH is 1. The largest absolute Gasteiger partial charge is 0.392 e. The topological polar surface area (TPSA) is 49.8 Å². The molecule has 1 heterocycles. The second kappa shape index (κ2) is 5.29. The van der Waals surface area contributed by atoms with Gasteiger partial charge in [-0.3, -0.25) is 4.79 Å². The molecule has 0 unspecified atom stereocenters. The number of hydrogen-bond acceptors (Lipinski definition) is 3. The average molecular weight is 235 g/mol. The Hall–Kier alpha value is -1.39. The van der Waals surface area contributed by atoms with Gasteiger partial charge in [-0.05, 0) is 30.2 Å². The van der Waals surface area contributed by atoms with E-state index in [0.29, 0.717) is 31.9 Å². The first-order valence-corrected chi connectivity index (χ1v) is 5.80. The normalized spacial score (nSPS) is 16.0. The zero-order valence-electron chi connectivity index (χ0n) is 9.98. The van der Waals surface area contributed by atoms with Crippen molar-refractivity contribution in [3.8, 4) is 0 Å². The van der Waals surface area contributed by atoms with E-state index >= 15 is 0 Å². The highest BCUT2D eigenvalue weighted by molar-refractivity contribution is 5.94. The highest BCUT2D eigenvalue weighted by Crippen LogP contribution is 2.13. The summed E-state index contributed by atoms with van der Waals surface area (Å²) in [6, 6.07) is 5.42. The lowest BCUT2D eigenvalue weighted by molar-refractivity contribution is 0.0303.